The molecule has 0 radical (unpaired) electrons. The first-order chi connectivity index (χ1) is 5.46. The van der Waals surface area contributed by atoms with E-state index in [-0.39, 0.29) is 6.54 Å². The number of rotatable bonds is 3. The molecule has 0 saturated carbocycles. The minimum Gasteiger partial charge on any atom is -0.211 e. The van der Waals surface area contributed by atoms with Crippen LogP contribution in [0.25, 0.3) is 0 Å². The van der Waals surface area contributed by atoms with Gasteiger partial charge in [-0.05, 0) is 6.92 Å². The minimum absolute atomic E-state index is 0.00560. The first kappa shape index (κ1) is 11.0. The van der Waals surface area contributed by atoms with Gasteiger partial charge in [-0.2, -0.15) is 9.57 Å². The second-order valence-electron chi connectivity index (χ2n) is 2.28. The third-order valence-electron chi connectivity index (χ3n) is 1.38. The molecule has 0 N–H and O–H groups in total. The quantitative estimate of drug-likeness (QED) is 0.573. The van der Waals surface area contributed by atoms with Crippen molar-refractivity contribution in [3.8, 4) is 18.4 Å². The molecule has 0 aromatic carbocycles. The first-order valence-corrected chi connectivity index (χ1v) is 4.75. The van der Waals surface area contributed by atoms with Crippen LogP contribution in [0.2, 0.25) is 0 Å². The maximum Gasteiger partial charge on any atom is 0.230 e. The summed E-state index contributed by atoms with van der Waals surface area (Å²) in [6.45, 7) is 1.32. The topological polar surface area (TPSA) is 61.2 Å². The maximum absolute atomic E-state index is 11.3. The maximum atomic E-state index is 11.3. The fourth-order valence-corrected chi connectivity index (χ4v) is 1.48. The lowest BCUT2D eigenvalue weighted by atomic mass is 10.5. The normalized spacial score (nSPS) is 13.4. The molecule has 0 aliphatic carbocycles. The van der Waals surface area contributed by atoms with Gasteiger partial charge in [0.1, 0.15) is 0 Å². The molecule has 12 heavy (non-hydrogen) atoms. The first-order valence-electron chi connectivity index (χ1n) is 3.25. The molecule has 66 valence electrons. The van der Waals surface area contributed by atoms with E-state index in [0.717, 1.165) is 4.31 Å². The van der Waals surface area contributed by atoms with Crippen LogP contribution >= 0.6 is 0 Å². The van der Waals surface area contributed by atoms with Crippen molar-refractivity contribution in [1.82, 2.24) is 4.31 Å². The number of hydrogen-bond donors (Lipinski definition) is 0. The van der Waals surface area contributed by atoms with E-state index in [1.54, 1.807) is 6.07 Å². The van der Waals surface area contributed by atoms with Crippen molar-refractivity contribution < 1.29 is 8.42 Å². The molecule has 0 aromatic rings. The largest absolute Gasteiger partial charge is 0.230 e. The zero-order valence-electron chi connectivity index (χ0n) is 6.98. The molecule has 0 spiro atoms. The summed E-state index contributed by atoms with van der Waals surface area (Å²) in [5.74, 6) is 2.19. The van der Waals surface area contributed by atoms with E-state index >= 15 is 0 Å². The zero-order chi connectivity index (χ0) is 9.78. The minimum atomic E-state index is -3.52. The Morgan fingerprint density at radius 2 is 2.17 bits per heavy atom. The van der Waals surface area contributed by atoms with Gasteiger partial charge < -0.3 is 0 Å². The van der Waals surface area contributed by atoms with Gasteiger partial charge in [-0.1, -0.05) is 5.92 Å². The molecule has 1 atom stereocenters. The molecule has 1 unspecified atom stereocenters. The van der Waals surface area contributed by atoms with Crippen molar-refractivity contribution in [1.29, 1.82) is 5.26 Å². The van der Waals surface area contributed by atoms with Crippen LogP contribution in [-0.2, 0) is 10.0 Å². The van der Waals surface area contributed by atoms with Gasteiger partial charge in [-0.25, -0.2) is 8.42 Å². The number of sulfonamides is 1. The lowest BCUT2D eigenvalue weighted by molar-refractivity contribution is 0.499. The molecule has 0 amide bonds. The van der Waals surface area contributed by atoms with Gasteiger partial charge in [0.2, 0.25) is 10.0 Å². The molecule has 0 aliphatic heterocycles. The molecule has 4 nitrogen and oxygen atoms in total. The standard InChI is InChI=1S/C7H10N2O2S/c1-4-5-9(3)12(10,11)7(2)6-8/h1,7H,5H2,2-3H3. The zero-order valence-corrected chi connectivity index (χ0v) is 7.80. The summed E-state index contributed by atoms with van der Waals surface area (Å²) in [5.41, 5.74) is 0. The van der Waals surface area contributed by atoms with Gasteiger partial charge >= 0.3 is 0 Å². The smallest absolute Gasteiger partial charge is 0.211 e. The summed E-state index contributed by atoms with van der Waals surface area (Å²) in [6, 6.07) is 1.65. The summed E-state index contributed by atoms with van der Waals surface area (Å²) >= 11 is 0. The van der Waals surface area contributed by atoms with Crippen molar-refractivity contribution in [2.24, 2.45) is 0 Å². The van der Waals surface area contributed by atoms with E-state index in [4.69, 9.17) is 11.7 Å². The van der Waals surface area contributed by atoms with Crippen LogP contribution in [0.3, 0.4) is 0 Å². The average molecular weight is 186 g/mol. The molecule has 0 fully saturated rings. The third-order valence-corrected chi connectivity index (χ3v) is 3.37. The third kappa shape index (κ3) is 2.23. The molecule has 0 rings (SSSR count). The Bertz CT molecular complexity index is 320. The van der Waals surface area contributed by atoms with E-state index in [2.05, 4.69) is 5.92 Å². The molecule has 0 aromatic heterocycles. The molecule has 0 aliphatic rings. The Kier molecular flexibility index (Phi) is 3.75. The Morgan fingerprint density at radius 1 is 1.67 bits per heavy atom. The SMILES string of the molecule is C#CCN(C)S(=O)(=O)C(C)C#N. The highest BCUT2D eigenvalue weighted by atomic mass is 32.2. The van der Waals surface area contributed by atoms with Crippen molar-refractivity contribution >= 4 is 10.0 Å². The number of nitriles is 1. The lowest BCUT2D eigenvalue weighted by Crippen LogP contribution is -2.34. The number of hydrogen-bond acceptors (Lipinski definition) is 3. The van der Waals surface area contributed by atoms with E-state index in [9.17, 15) is 8.42 Å². The molecule has 5 heteroatoms. The molecule has 0 bridgehead atoms. The summed E-state index contributed by atoms with van der Waals surface area (Å²) < 4.78 is 23.5. The van der Waals surface area contributed by atoms with Gasteiger partial charge in [0.25, 0.3) is 0 Å². The Morgan fingerprint density at radius 3 is 2.50 bits per heavy atom. The van der Waals surface area contributed by atoms with Crippen LogP contribution in [0.5, 0.6) is 0 Å². The highest BCUT2D eigenvalue weighted by Gasteiger charge is 2.24. The Balaban J connectivity index is 4.68. The van der Waals surface area contributed by atoms with Crippen molar-refractivity contribution in [2.45, 2.75) is 12.2 Å². The van der Waals surface area contributed by atoms with Crippen LogP contribution in [-0.4, -0.2) is 31.6 Å². The van der Waals surface area contributed by atoms with Gasteiger partial charge in [0.05, 0.1) is 12.6 Å². The predicted molar refractivity (Wildman–Crippen MR) is 45.5 cm³/mol. The summed E-state index contributed by atoms with van der Waals surface area (Å²) in [5, 5.41) is 7.33. The lowest BCUT2D eigenvalue weighted by Gasteiger charge is -2.14. The van der Waals surface area contributed by atoms with Crippen LogP contribution < -0.4 is 0 Å². The Labute approximate surface area is 72.8 Å². The second kappa shape index (κ2) is 4.10. The second-order valence-corrected chi connectivity index (χ2v) is 4.64. The molecular weight excluding hydrogens is 176 g/mol. The average Bonchev–Trinajstić information content (AvgIpc) is 2.03. The van der Waals surface area contributed by atoms with Gasteiger partial charge in [-0.3, -0.25) is 0 Å². The van der Waals surface area contributed by atoms with E-state index in [1.165, 1.54) is 14.0 Å². The Hall–Kier alpha value is -1.04. The van der Waals surface area contributed by atoms with Crippen LogP contribution in [0.15, 0.2) is 0 Å². The number of terminal acetylenes is 1. The highest BCUT2D eigenvalue weighted by molar-refractivity contribution is 7.89. The van der Waals surface area contributed by atoms with E-state index < -0.39 is 15.3 Å². The van der Waals surface area contributed by atoms with E-state index in [1.807, 2.05) is 0 Å². The van der Waals surface area contributed by atoms with Crippen LogP contribution in [0.4, 0.5) is 0 Å². The van der Waals surface area contributed by atoms with Gasteiger partial charge in [0.15, 0.2) is 5.25 Å². The van der Waals surface area contributed by atoms with Crippen LogP contribution in [0.1, 0.15) is 6.92 Å². The van der Waals surface area contributed by atoms with Crippen molar-refractivity contribution in [2.75, 3.05) is 13.6 Å². The molecular formula is C7H10N2O2S. The van der Waals surface area contributed by atoms with E-state index in [0.29, 0.717) is 0 Å². The summed E-state index contributed by atoms with van der Waals surface area (Å²) in [7, 11) is -2.17. The van der Waals surface area contributed by atoms with Crippen molar-refractivity contribution in [3.05, 3.63) is 0 Å². The number of nitrogens with zero attached hydrogens (tertiary/aromatic N) is 2. The van der Waals surface area contributed by atoms with Gasteiger partial charge in [0, 0.05) is 7.05 Å². The van der Waals surface area contributed by atoms with Gasteiger partial charge in [-0.15, -0.1) is 6.42 Å². The predicted octanol–water partition coefficient (Wildman–Crippen LogP) is -0.207. The fourth-order valence-electron chi connectivity index (χ4n) is 0.555. The monoisotopic (exact) mass is 186 g/mol. The summed E-state index contributed by atoms with van der Waals surface area (Å²) in [4.78, 5) is 0. The van der Waals surface area contributed by atoms with Crippen molar-refractivity contribution in [3.63, 3.8) is 0 Å². The molecule has 0 saturated heterocycles. The van der Waals surface area contributed by atoms with Crippen LogP contribution in [0, 0.1) is 23.7 Å². The molecule has 0 heterocycles. The highest BCUT2D eigenvalue weighted by Crippen LogP contribution is 2.04. The summed E-state index contributed by atoms with van der Waals surface area (Å²) in [6.07, 6.45) is 4.93. The fraction of sp³-hybridized carbons (Fsp3) is 0.571.